The molecule has 17 heavy (non-hydrogen) atoms. The summed E-state index contributed by atoms with van der Waals surface area (Å²) in [5, 5.41) is 11.3. The maximum absolute atomic E-state index is 11.7. The number of rotatable bonds is 3. The van der Waals surface area contributed by atoms with Crippen molar-refractivity contribution in [3.05, 3.63) is 23.9 Å². The Kier molecular flexibility index (Phi) is 3.34. The van der Waals surface area contributed by atoms with E-state index in [1.54, 1.807) is 6.07 Å². The van der Waals surface area contributed by atoms with Crippen molar-refractivity contribution in [2.45, 2.75) is 18.9 Å². The summed E-state index contributed by atoms with van der Waals surface area (Å²) in [4.78, 5) is 26.2. The Bertz CT molecular complexity index is 441. The predicted octanol–water partition coefficient (Wildman–Crippen LogP) is 0.897. The Morgan fingerprint density at radius 1 is 1.47 bits per heavy atom. The highest BCUT2D eigenvalue weighted by Gasteiger charge is 2.23. The third-order valence-electron chi connectivity index (χ3n) is 2.44. The van der Waals surface area contributed by atoms with Crippen LogP contribution in [0, 0.1) is 0 Å². The van der Waals surface area contributed by atoms with Gasteiger partial charge in [0.25, 0.3) is 5.91 Å². The molecule has 0 saturated carbocycles. The number of pyridine rings is 1. The number of carbonyl (C=O) groups is 2. The van der Waals surface area contributed by atoms with E-state index in [1.807, 2.05) is 0 Å². The number of carboxylic acid groups (broad SMARTS) is 1. The average molecular weight is 236 g/mol. The molecular formula is C11H12N2O4. The summed E-state index contributed by atoms with van der Waals surface area (Å²) < 4.78 is 5.21. The number of ether oxygens (including phenoxy) is 1. The summed E-state index contributed by atoms with van der Waals surface area (Å²) in [6.07, 6.45) is 1.09. The van der Waals surface area contributed by atoms with Gasteiger partial charge in [-0.25, -0.2) is 9.78 Å². The van der Waals surface area contributed by atoms with Crippen molar-refractivity contribution in [3.8, 4) is 0 Å². The van der Waals surface area contributed by atoms with Crippen LogP contribution in [0.1, 0.15) is 23.3 Å². The molecule has 0 spiro atoms. The number of hydrogen-bond donors (Lipinski definition) is 2. The smallest absolute Gasteiger partial charge is 0.354 e. The zero-order valence-corrected chi connectivity index (χ0v) is 9.05. The fraction of sp³-hybridized carbons (Fsp3) is 0.364. The highest BCUT2D eigenvalue weighted by atomic mass is 16.5. The van der Waals surface area contributed by atoms with Crippen molar-refractivity contribution in [2.75, 3.05) is 11.9 Å². The molecule has 1 saturated heterocycles. The van der Waals surface area contributed by atoms with Crippen molar-refractivity contribution in [1.29, 1.82) is 0 Å². The molecule has 0 aliphatic carbocycles. The van der Waals surface area contributed by atoms with Crippen LogP contribution < -0.4 is 5.32 Å². The van der Waals surface area contributed by atoms with E-state index in [9.17, 15) is 9.59 Å². The quantitative estimate of drug-likeness (QED) is 0.813. The second-order valence-corrected chi connectivity index (χ2v) is 3.70. The Balaban J connectivity index is 2.05. The van der Waals surface area contributed by atoms with Crippen LogP contribution in [0.3, 0.4) is 0 Å². The molecule has 0 radical (unpaired) electrons. The summed E-state index contributed by atoms with van der Waals surface area (Å²) in [5.74, 6) is -1.18. The molecule has 0 bridgehead atoms. The van der Waals surface area contributed by atoms with Crippen LogP contribution in [0.4, 0.5) is 5.82 Å². The van der Waals surface area contributed by atoms with Crippen molar-refractivity contribution >= 4 is 17.7 Å². The molecule has 2 rings (SSSR count). The Hall–Kier alpha value is -1.95. The maximum Gasteiger partial charge on any atom is 0.354 e. The van der Waals surface area contributed by atoms with Crippen molar-refractivity contribution < 1.29 is 19.4 Å². The Morgan fingerprint density at radius 3 is 2.94 bits per heavy atom. The lowest BCUT2D eigenvalue weighted by Crippen LogP contribution is -2.27. The fourth-order valence-electron chi connectivity index (χ4n) is 1.61. The fourth-order valence-corrected chi connectivity index (χ4v) is 1.61. The minimum atomic E-state index is -1.13. The molecule has 1 aromatic heterocycles. The first-order valence-electron chi connectivity index (χ1n) is 5.29. The number of aromatic nitrogens is 1. The van der Waals surface area contributed by atoms with Crippen LogP contribution in [0.25, 0.3) is 0 Å². The second-order valence-electron chi connectivity index (χ2n) is 3.70. The first-order valence-corrected chi connectivity index (χ1v) is 5.29. The van der Waals surface area contributed by atoms with E-state index in [0.717, 1.165) is 6.42 Å². The van der Waals surface area contributed by atoms with Crippen molar-refractivity contribution in [3.63, 3.8) is 0 Å². The second kappa shape index (κ2) is 4.92. The van der Waals surface area contributed by atoms with Crippen LogP contribution in [0.15, 0.2) is 18.2 Å². The summed E-state index contributed by atoms with van der Waals surface area (Å²) in [6.45, 7) is 0.584. The molecule has 0 aromatic carbocycles. The molecule has 1 amide bonds. The highest BCUT2D eigenvalue weighted by Crippen LogP contribution is 2.14. The molecular weight excluding hydrogens is 224 g/mol. The molecule has 2 heterocycles. The molecule has 1 atom stereocenters. The SMILES string of the molecule is O=C(O)c1cccc(NC(=O)[C@@H]2CCCO2)n1. The minimum Gasteiger partial charge on any atom is -0.477 e. The summed E-state index contributed by atoms with van der Waals surface area (Å²) in [7, 11) is 0. The summed E-state index contributed by atoms with van der Waals surface area (Å²) >= 11 is 0. The Labute approximate surface area is 97.6 Å². The van der Waals surface area contributed by atoms with Gasteiger partial charge in [-0.3, -0.25) is 4.79 Å². The number of amides is 1. The number of hydrogen-bond acceptors (Lipinski definition) is 4. The maximum atomic E-state index is 11.7. The topological polar surface area (TPSA) is 88.5 Å². The van der Waals surface area contributed by atoms with E-state index >= 15 is 0 Å². The van der Waals surface area contributed by atoms with Gasteiger partial charge >= 0.3 is 5.97 Å². The number of aromatic carboxylic acids is 1. The number of nitrogens with zero attached hydrogens (tertiary/aromatic N) is 1. The van der Waals surface area contributed by atoms with E-state index < -0.39 is 12.1 Å². The number of carbonyl (C=O) groups excluding carboxylic acids is 1. The largest absolute Gasteiger partial charge is 0.477 e. The van der Waals surface area contributed by atoms with E-state index in [2.05, 4.69) is 10.3 Å². The predicted molar refractivity (Wildman–Crippen MR) is 58.8 cm³/mol. The standard InChI is InChI=1S/C11H12N2O4/c14-10(8-4-2-6-17-8)13-9-5-1-3-7(12-9)11(15)16/h1,3,5,8H,2,4,6H2,(H,15,16)(H,12,13,14)/t8-/m0/s1. The van der Waals surface area contributed by atoms with Gasteiger partial charge in [0.2, 0.25) is 0 Å². The lowest BCUT2D eigenvalue weighted by molar-refractivity contribution is -0.124. The molecule has 2 N–H and O–H groups in total. The highest BCUT2D eigenvalue weighted by molar-refractivity contribution is 5.94. The van der Waals surface area contributed by atoms with Crippen LogP contribution in [0.2, 0.25) is 0 Å². The number of anilines is 1. The summed E-state index contributed by atoms with van der Waals surface area (Å²) in [5.41, 5.74) is -0.102. The zero-order valence-electron chi connectivity index (χ0n) is 9.05. The van der Waals surface area contributed by atoms with Gasteiger partial charge in [0.05, 0.1) is 0 Å². The minimum absolute atomic E-state index is 0.102. The van der Waals surface area contributed by atoms with E-state index in [4.69, 9.17) is 9.84 Å². The van der Waals surface area contributed by atoms with E-state index in [1.165, 1.54) is 12.1 Å². The molecule has 1 aromatic rings. The lowest BCUT2D eigenvalue weighted by Gasteiger charge is -2.09. The van der Waals surface area contributed by atoms with Gasteiger partial charge in [0.1, 0.15) is 11.9 Å². The molecule has 1 fully saturated rings. The van der Waals surface area contributed by atoms with Crippen LogP contribution in [0.5, 0.6) is 0 Å². The zero-order chi connectivity index (χ0) is 12.3. The van der Waals surface area contributed by atoms with Gasteiger partial charge < -0.3 is 15.2 Å². The molecule has 90 valence electrons. The first kappa shape index (κ1) is 11.5. The molecule has 6 heteroatoms. The third kappa shape index (κ3) is 2.79. The van der Waals surface area contributed by atoms with E-state index in [-0.39, 0.29) is 17.4 Å². The Morgan fingerprint density at radius 2 is 2.29 bits per heavy atom. The first-order chi connectivity index (χ1) is 8.16. The third-order valence-corrected chi connectivity index (χ3v) is 2.44. The van der Waals surface area contributed by atoms with Crippen molar-refractivity contribution in [1.82, 2.24) is 4.98 Å². The number of carboxylic acids is 1. The van der Waals surface area contributed by atoms with Gasteiger partial charge in [-0.2, -0.15) is 0 Å². The van der Waals surface area contributed by atoms with Crippen LogP contribution >= 0.6 is 0 Å². The van der Waals surface area contributed by atoms with Crippen LogP contribution in [-0.4, -0.2) is 34.7 Å². The van der Waals surface area contributed by atoms with Gasteiger partial charge in [-0.1, -0.05) is 6.07 Å². The molecule has 6 nitrogen and oxygen atoms in total. The van der Waals surface area contributed by atoms with Crippen molar-refractivity contribution in [2.24, 2.45) is 0 Å². The molecule has 1 aliphatic rings. The summed E-state index contributed by atoms with van der Waals surface area (Å²) in [6, 6.07) is 4.44. The van der Waals surface area contributed by atoms with Gasteiger partial charge in [-0.05, 0) is 25.0 Å². The molecule has 0 unspecified atom stereocenters. The normalized spacial score (nSPS) is 18.9. The average Bonchev–Trinajstić information content (AvgIpc) is 2.82. The lowest BCUT2D eigenvalue weighted by atomic mass is 10.2. The van der Waals surface area contributed by atoms with E-state index in [0.29, 0.717) is 13.0 Å². The van der Waals surface area contributed by atoms with Gasteiger partial charge in [0.15, 0.2) is 5.69 Å². The van der Waals surface area contributed by atoms with Crippen LogP contribution in [-0.2, 0) is 9.53 Å². The van der Waals surface area contributed by atoms with Gasteiger partial charge in [-0.15, -0.1) is 0 Å². The van der Waals surface area contributed by atoms with Gasteiger partial charge in [0, 0.05) is 6.61 Å². The number of nitrogens with one attached hydrogen (secondary N) is 1. The molecule has 1 aliphatic heterocycles. The monoisotopic (exact) mass is 236 g/mol.